The van der Waals surface area contributed by atoms with E-state index >= 15 is 0 Å². The van der Waals surface area contributed by atoms with Gasteiger partial charge in [-0.1, -0.05) is 25.3 Å². The molecule has 0 saturated heterocycles. The van der Waals surface area contributed by atoms with E-state index in [2.05, 4.69) is 10.6 Å². The molecule has 122 valence electrons. The lowest BCUT2D eigenvalue weighted by atomic mass is 9.76. The van der Waals surface area contributed by atoms with Crippen LogP contribution in [0, 0.1) is 18.7 Å². The van der Waals surface area contributed by atoms with Gasteiger partial charge in [-0.3, -0.25) is 0 Å². The van der Waals surface area contributed by atoms with Gasteiger partial charge in [0.15, 0.2) is 0 Å². The predicted molar refractivity (Wildman–Crippen MR) is 85.4 cm³/mol. The standard InChI is InChI=1S/C17H25FN2O2/c1-12-8-9-14(18)15(10-12)19-16(22)20-17(2,11-21)13-6-4-3-5-7-13/h8-10,13,21H,3-7,11H2,1-2H3,(H2,19,20,22). The number of amides is 2. The topological polar surface area (TPSA) is 61.4 Å². The molecular weight excluding hydrogens is 283 g/mol. The molecule has 0 bridgehead atoms. The van der Waals surface area contributed by atoms with Crippen LogP contribution in [0.4, 0.5) is 14.9 Å². The fraction of sp³-hybridized carbons (Fsp3) is 0.588. The molecular formula is C17H25FN2O2. The van der Waals surface area contributed by atoms with Gasteiger partial charge >= 0.3 is 6.03 Å². The molecule has 2 rings (SSSR count). The van der Waals surface area contributed by atoms with E-state index in [0.29, 0.717) is 0 Å². The number of urea groups is 1. The van der Waals surface area contributed by atoms with Crippen LogP contribution >= 0.6 is 0 Å². The second-order valence-electron chi connectivity index (χ2n) is 6.47. The second-order valence-corrected chi connectivity index (χ2v) is 6.47. The number of aliphatic hydroxyl groups excluding tert-OH is 1. The van der Waals surface area contributed by atoms with Gasteiger partial charge in [0.05, 0.1) is 17.8 Å². The summed E-state index contributed by atoms with van der Waals surface area (Å²) < 4.78 is 13.7. The Hall–Kier alpha value is -1.62. The summed E-state index contributed by atoms with van der Waals surface area (Å²) in [4.78, 5) is 12.2. The molecule has 0 heterocycles. The van der Waals surface area contributed by atoms with Gasteiger partial charge in [-0.2, -0.15) is 0 Å². The maximum absolute atomic E-state index is 13.7. The van der Waals surface area contributed by atoms with Crippen molar-refractivity contribution in [2.24, 2.45) is 5.92 Å². The quantitative estimate of drug-likeness (QED) is 0.796. The number of benzene rings is 1. The van der Waals surface area contributed by atoms with Crippen molar-refractivity contribution >= 4 is 11.7 Å². The number of hydrogen-bond donors (Lipinski definition) is 3. The predicted octanol–water partition coefficient (Wildman–Crippen LogP) is 3.59. The third-order valence-corrected chi connectivity index (χ3v) is 4.60. The molecule has 1 aliphatic carbocycles. The Morgan fingerprint density at radius 1 is 1.36 bits per heavy atom. The van der Waals surface area contributed by atoms with Gasteiger partial charge in [-0.25, -0.2) is 9.18 Å². The van der Waals surface area contributed by atoms with E-state index in [0.717, 1.165) is 31.2 Å². The zero-order chi connectivity index (χ0) is 16.2. The normalized spacial score (nSPS) is 18.5. The van der Waals surface area contributed by atoms with Crippen molar-refractivity contribution in [3.8, 4) is 0 Å². The smallest absolute Gasteiger partial charge is 0.319 e. The highest BCUT2D eigenvalue weighted by Crippen LogP contribution is 2.32. The van der Waals surface area contributed by atoms with Crippen LogP contribution in [0.15, 0.2) is 18.2 Å². The van der Waals surface area contributed by atoms with Crippen LogP contribution in [-0.2, 0) is 0 Å². The summed E-state index contributed by atoms with van der Waals surface area (Å²) in [5.74, 6) is -0.219. The molecule has 1 unspecified atom stereocenters. The molecule has 1 atom stereocenters. The average Bonchev–Trinajstić information content (AvgIpc) is 2.51. The van der Waals surface area contributed by atoms with Crippen molar-refractivity contribution in [3.05, 3.63) is 29.6 Å². The minimum atomic E-state index is -0.676. The molecule has 1 aromatic carbocycles. The van der Waals surface area contributed by atoms with E-state index in [9.17, 15) is 14.3 Å². The summed E-state index contributed by atoms with van der Waals surface area (Å²) in [6.45, 7) is 3.57. The molecule has 1 aliphatic rings. The first-order chi connectivity index (χ1) is 10.4. The van der Waals surface area contributed by atoms with Crippen LogP contribution in [0.25, 0.3) is 0 Å². The van der Waals surface area contributed by atoms with Crippen molar-refractivity contribution in [1.29, 1.82) is 0 Å². The zero-order valence-corrected chi connectivity index (χ0v) is 13.3. The number of nitrogens with one attached hydrogen (secondary N) is 2. The lowest BCUT2D eigenvalue weighted by Gasteiger charge is -2.39. The Bertz CT molecular complexity index is 529. The first kappa shape index (κ1) is 16.7. The summed E-state index contributed by atoms with van der Waals surface area (Å²) >= 11 is 0. The molecule has 0 spiro atoms. The highest BCUT2D eigenvalue weighted by molar-refractivity contribution is 5.90. The van der Waals surface area contributed by atoms with E-state index in [4.69, 9.17) is 0 Å². The van der Waals surface area contributed by atoms with Crippen molar-refractivity contribution in [1.82, 2.24) is 5.32 Å². The minimum absolute atomic E-state index is 0.124. The SMILES string of the molecule is Cc1ccc(F)c(NC(=O)NC(C)(CO)C2CCCCC2)c1. The lowest BCUT2D eigenvalue weighted by Crippen LogP contribution is -2.55. The summed E-state index contributed by atoms with van der Waals surface area (Å²) in [7, 11) is 0. The average molecular weight is 308 g/mol. The molecule has 4 nitrogen and oxygen atoms in total. The van der Waals surface area contributed by atoms with Crippen molar-refractivity contribution in [2.45, 2.75) is 51.5 Å². The van der Waals surface area contributed by atoms with Crippen LogP contribution in [0.2, 0.25) is 0 Å². The highest BCUT2D eigenvalue weighted by Gasteiger charge is 2.35. The van der Waals surface area contributed by atoms with Gasteiger partial charge in [0.1, 0.15) is 5.82 Å². The van der Waals surface area contributed by atoms with Crippen LogP contribution in [0.3, 0.4) is 0 Å². The molecule has 22 heavy (non-hydrogen) atoms. The van der Waals surface area contributed by atoms with Crippen molar-refractivity contribution < 1.29 is 14.3 Å². The number of rotatable bonds is 4. The zero-order valence-electron chi connectivity index (χ0n) is 13.3. The number of carbonyl (C=O) groups excluding carboxylic acids is 1. The highest BCUT2D eigenvalue weighted by atomic mass is 19.1. The van der Waals surface area contributed by atoms with Crippen molar-refractivity contribution in [3.63, 3.8) is 0 Å². The van der Waals surface area contributed by atoms with Gasteiger partial charge in [0.2, 0.25) is 0 Å². The monoisotopic (exact) mass is 308 g/mol. The van der Waals surface area contributed by atoms with E-state index in [-0.39, 0.29) is 18.2 Å². The van der Waals surface area contributed by atoms with Gasteiger partial charge in [-0.15, -0.1) is 0 Å². The first-order valence-corrected chi connectivity index (χ1v) is 7.91. The Morgan fingerprint density at radius 3 is 2.68 bits per heavy atom. The number of hydrogen-bond acceptors (Lipinski definition) is 2. The molecule has 0 aliphatic heterocycles. The molecule has 1 saturated carbocycles. The Balaban J connectivity index is 2.03. The summed E-state index contributed by atoms with van der Waals surface area (Å²) in [5.41, 5.74) is 0.348. The molecule has 3 N–H and O–H groups in total. The molecule has 1 fully saturated rings. The number of anilines is 1. The van der Waals surface area contributed by atoms with Gasteiger partial charge < -0.3 is 15.7 Å². The number of halogens is 1. The molecule has 0 aromatic heterocycles. The lowest BCUT2D eigenvalue weighted by molar-refractivity contribution is 0.103. The van der Waals surface area contributed by atoms with E-state index in [1.54, 1.807) is 12.1 Å². The fourth-order valence-electron chi connectivity index (χ4n) is 3.16. The third kappa shape index (κ3) is 3.97. The summed E-state index contributed by atoms with van der Waals surface area (Å²) in [6, 6.07) is 4.09. The number of carbonyl (C=O) groups is 1. The third-order valence-electron chi connectivity index (χ3n) is 4.60. The van der Waals surface area contributed by atoms with Gasteiger partial charge in [0.25, 0.3) is 0 Å². The van der Waals surface area contributed by atoms with Gasteiger partial charge in [-0.05, 0) is 50.3 Å². The van der Waals surface area contributed by atoms with Crippen LogP contribution in [-0.4, -0.2) is 23.3 Å². The van der Waals surface area contributed by atoms with Crippen LogP contribution in [0.5, 0.6) is 0 Å². The first-order valence-electron chi connectivity index (χ1n) is 7.91. The van der Waals surface area contributed by atoms with Gasteiger partial charge in [0, 0.05) is 0 Å². The Morgan fingerprint density at radius 2 is 2.05 bits per heavy atom. The molecule has 5 heteroatoms. The van der Waals surface area contributed by atoms with Crippen LogP contribution in [0.1, 0.15) is 44.6 Å². The number of aliphatic hydroxyl groups is 1. The van der Waals surface area contributed by atoms with Crippen LogP contribution < -0.4 is 10.6 Å². The molecule has 2 amide bonds. The Labute approximate surface area is 131 Å². The van der Waals surface area contributed by atoms with E-state index < -0.39 is 17.4 Å². The summed E-state index contributed by atoms with van der Waals surface area (Å²) in [5, 5.41) is 15.1. The van der Waals surface area contributed by atoms with Crippen molar-refractivity contribution in [2.75, 3.05) is 11.9 Å². The maximum Gasteiger partial charge on any atom is 0.319 e. The Kier molecular flexibility index (Phi) is 5.40. The number of aryl methyl sites for hydroxylation is 1. The second kappa shape index (κ2) is 7.09. The fourth-order valence-corrected chi connectivity index (χ4v) is 3.16. The molecule has 0 radical (unpaired) electrons. The van der Waals surface area contributed by atoms with E-state index in [1.165, 1.54) is 12.5 Å². The minimum Gasteiger partial charge on any atom is -0.394 e. The van der Waals surface area contributed by atoms with E-state index in [1.807, 2.05) is 13.8 Å². The molecule has 1 aromatic rings. The largest absolute Gasteiger partial charge is 0.394 e. The summed E-state index contributed by atoms with van der Waals surface area (Å²) in [6.07, 6.45) is 5.44. The maximum atomic E-state index is 13.7.